The number of benzene rings is 1. The van der Waals surface area contributed by atoms with Crippen LogP contribution in [-0.4, -0.2) is 6.21 Å². The molecule has 0 saturated heterocycles. The van der Waals surface area contributed by atoms with Crippen molar-refractivity contribution in [3.05, 3.63) is 47.5 Å². The van der Waals surface area contributed by atoms with Crippen molar-refractivity contribution in [3.8, 4) is 0 Å². The van der Waals surface area contributed by atoms with Crippen molar-refractivity contribution in [1.82, 2.24) is 0 Å². The smallest absolute Gasteiger partial charge is 0.0720 e. The van der Waals surface area contributed by atoms with Gasteiger partial charge in [-0.15, -0.1) is 0 Å². The highest BCUT2D eigenvalue weighted by atomic mass is 14.8. The van der Waals surface area contributed by atoms with Crippen molar-refractivity contribution in [3.63, 3.8) is 0 Å². The highest BCUT2D eigenvalue weighted by molar-refractivity contribution is 5.77. The van der Waals surface area contributed by atoms with Gasteiger partial charge < -0.3 is 0 Å². The van der Waals surface area contributed by atoms with Crippen LogP contribution in [0.15, 0.2) is 47.0 Å². The molecule has 0 bridgehead atoms. The van der Waals surface area contributed by atoms with Gasteiger partial charge in [0.25, 0.3) is 0 Å². The summed E-state index contributed by atoms with van der Waals surface area (Å²) in [5.74, 6) is 0. The van der Waals surface area contributed by atoms with Crippen molar-refractivity contribution in [1.29, 1.82) is 0 Å². The molecule has 0 aliphatic heterocycles. The van der Waals surface area contributed by atoms with Crippen LogP contribution >= 0.6 is 0 Å². The van der Waals surface area contributed by atoms with Gasteiger partial charge in [-0.25, -0.2) is 0 Å². The van der Waals surface area contributed by atoms with Gasteiger partial charge in [0.15, 0.2) is 0 Å². The van der Waals surface area contributed by atoms with Gasteiger partial charge in [-0.3, -0.25) is 4.99 Å². The minimum absolute atomic E-state index is 0.242. The van der Waals surface area contributed by atoms with Crippen molar-refractivity contribution in [2.45, 2.75) is 26.8 Å². The first-order chi connectivity index (χ1) is 6.74. The molecule has 0 fully saturated rings. The van der Waals surface area contributed by atoms with Crippen LogP contribution in [0.2, 0.25) is 0 Å². The monoisotopic (exact) mass is 187 g/mol. The molecule has 0 spiro atoms. The highest BCUT2D eigenvalue weighted by Gasteiger charge is 1.99. The fourth-order valence-electron chi connectivity index (χ4n) is 1.12. The number of aliphatic imine (C=N–C) groups is 1. The second-order valence-corrected chi connectivity index (χ2v) is 3.40. The summed E-state index contributed by atoms with van der Waals surface area (Å²) in [5.41, 5.74) is 2.46. The summed E-state index contributed by atoms with van der Waals surface area (Å²) in [6, 6.07) is 10.6. The van der Waals surface area contributed by atoms with Crippen LogP contribution in [0.4, 0.5) is 0 Å². The first-order valence-electron chi connectivity index (χ1n) is 4.95. The molecule has 0 aromatic heterocycles. The van der Waals surface area contributed by atoms with Gasteiger partial charge in [-0.05, 0) is 31.9 Å². The van der Waals surface area contributed by atoms with E-state index in [9.17, 15) is 0 Å². The number of allylic oxidation sites excluding steroid dienone is 2. The Morgan fingerprint density at radius 3 is 2.50 bits per heavy atom. The Bertz CT molecular complexity index is 322. The zero-order valence-corrected chi connectivity index (χ0v) is 9.07. The van der Waals surface area contributed by atoms with Gasteiger partial charge >= 0.3 is 0 Å². The number of nitrogens with zero attached hydrogens (tertiary/aromatic N) is 1. The maximum absolute atomic E-state index is 4.47. The maximum atomic E-state index is 4.47. The summed E-state index contributed by atoms with van der Waals surface area (Å²) < 4.78 is 0. The Balaban J connectivity index is 2.68. The molecule has 0 heterocycles. The van der Waals surface area contributed by atoms with Gasteiger partial charge in [0.2, 0.25) is 0 Å². The Hall–Kier alpha value is -1.37. The van der Waals surface area contributed by atoms with Gasteiger partial charge in [0.05, 0.1) is 6.04 Å². The van der Waals surface area contributed by atoms with E-state index in [2.05, 4.69) is 37.0 Å². The predicted octanol–water partition coefficient (Wildman–Crippen LogP) is 3.78. The van der Waals surface area contributed by atoms with Crippen LogP contribution in [0.25, 0.3) is 0 Å². The quantitative estimate of drug-likeness (QED) is 0.638. The second kappa shape index (κ2) is 5.38. The highest BCUT2D eigenvalue weighted by Crippen LogP contribution is 2.15. The van der Waals surface area contributed by atoms with E-state index in [4.69, 9.17) is 0 Å². The molecule has 1 aromatic rings. The van der Waals surface area contributed by atoms with Crippen molar-refractivity contribution in [2.75, 3.05) is 0 Å². The standard InChI is InChI=1S/C13H17N/c1-4-11(2)10-14-12(3)13-8-6-5-7-9-13/h4-10,12H,1-3H3/b11-4-,14-10?. The van der Waals surface area contributed by atoms with E-state index in [0.717, 1.165) is 0 Å². The molecule has 74 valence electrons. The molecule has 1 aromatic carbocycles. The van der Waals surface area contributed by atoms with Crippen LogP contribution in [-0.2, 0) is 0 Å². The van der Waals surface area contributed by atoms with Crippen LogP contribution in [0.5, 0.6) is 0 Å². The topological polar surface area (TPSA) is 12.4 Å². The minimum atomic E-state index is 0.242. The molecule has 1 atom stereocenters. The molecule has 1 rings (SSSR count). The average Bonchev–Trinajstić information content (AvgIpc) is 2.26. The summed E-state index contributed by atoms with van der Waals surface area (Å²) in [5, 5.41) is 0. The van der Waals surface area contributed by atoms with Crippen LogP contribution in [0.3, 0.4) is 0 Å². The summed E-state index contributed by atoms with van der Waals surface area (Å²) in [6.45, 7) is 6.19. The molecular formula is C13H17N. The molecule has 1 unspecified atom stereocenters. The number of hydrogen-bond donors (Lipinski definition) is 0. The van der Waals surface area contributed by atoms with E-state index < -0.39 is 0 Å². The predicted molar refractivity (Wildman–Crippen MR) is 62.8 cm³/mol. The Morgan fingerprint density at radius 1 is 1.29 bits per heavy atom. The van der Waals surface area contributed by atoms with E-state index in [1.165, 1.54) is 11.1 Å². The third kappa shape index (κ3) is 3.17. The molecule has 1 heteroatoms. The lowest BCUT2D eigenvalue weighted by molar-refractivity contribution is 0.825. The molecule has 14 heavy (non-hydrogen) atoms. The zero-order chi connectivity index (χ0) is 10.4. The van der Waals surface area contributed by atoms with Crippen molar-refractivity contribution >= 4 is 6.21 Å². The second-order valence-electron chi connectivity index (χ2n) is 3.40. The molecule has 0 radical (unpaired) electrons. The normalized spacial score (nSPS) is 14.6. The van der Waals surface area contributed by atoms with Crippen LogP contribution in [0.1, 0.15) is 32.4 Å². The summed E-state index contributed by atoms with van der Waals surface area (Å²) in [6.07, 6.45) is 3.99. The summed E-state index contributed by atoms with van der Waals surface area (Å²) in [4.78, 5) is 4.47. The molecule has 0 aliphatic rings. The lowest BCUT2D eigenvalue weighted by atomic mass is 10.1. The van der Waals surface area contributed by atoms with E-state index in [1.54, 1.807) is 0 Å². The molecule has 0 aliphatic carbocycles. The van der Waals surface area contributed by atoms with E-state index in [-0.39, 0.29) is 6.04 Å². The fraction of sp³-hybridized carbons (Fsp3) is 0.308. The zero-order valence-electron chi connectivity index (χ0n) is 9.07. The molecule has 0 amide bonds. The SMILES string of the molecule is C/C=C(/C)C=NC(C)c1ccccc1. The van der Waals surface area contributed by atoms with Gasteiger partial charge in [-0.1, -0.05) is 36.4 Å². The molecular weight excluding hydrogens is 170 g/mol. The Labute approximate surface area is 86.2 Å². The minimum Gasteiger partial charge on any atom is -0.285 e. The Kier molecular flexibility index (Phi) is 4.11. The third-order valence-electron chi connectivity index (χ3n) is 2.24. The summed E-state index contributed by atoms with van der Waals surface area (Å²) >= 11 is 0. The Morgan fingerprint density at radius 2 is 1.93 bits per heavy atom. The van der Waals surface area contributed by atoms with E-state index in [1.807, 2.05) is 31.3 Å². The largest absolute Gasteiger partial charge is 0.285 e. The van der Waals surface area contributed by atoms with E-state index >= 15 is 0 Å². The summed E-state index contributed by atoms with van der Waals surface area (Å²) in [7, 11) is 0. The van der Waals surface area contributed by atoms with Crippen LogP contribution in [0, 0.1) is 0 Å². The number of rotatable bonds is 3. The average molecular weight is 187 g/mol. The fourth-order valence-corrected chi connectivity index (χ4v) is 1.12. The first-order valence-corrected chi connectivity index (χ1v) is 4.95. The number of hydrogen-bond acceptors (Lipinski definition) is 1. The van der Waals surface area contributed by atoms with Crippen molar-refractivity contribution < 1.29 is 0 Å². The van der Waals surface area contributed by atoms with Crippen molar-refractivity contribution in [2.24, 2.45) is 4.99 Å². The lowest BCUT2D eigenvalue weighted by Crippen LogP contribution is -1.89. The van der Waals surface area contributed by atoms with E-state index in [0.29, 0.717) is 0 Å². The molecule has 0 saturated carbocycles. The van der Waals surface area contributed by atoms with Gasteiger partial charge in [-0.2, -0.15) is 0 Å². The third-order valence-corrected chi connectivity index (χ3v) is 2.24. The maximum Gasteiger partial charge on any atom is 0.0720 e. The van der Waals surface area contributed by atoms with Gasteiger partial charge in [0, 0.05) is 6.21 Å². The lowest BCUT2D eigenvalue weighted by Gasteiger charge is -2.05. The molecule has 0 N–H and O–H groups in total. The van der Waals surface area contributed by atoms with Crippen LogP contribution < -0.4 is 0 Å². The molecule has 1 nitrogen and oxygen atoms in total. The van der Waals surface area contributed by atoms with Gasteiger partial charge in [0.1, 0.15) is 0 Å². The first kappa shape index (κ1) is 10.7.